The summed E-state index contributed by atoms with van der Waals surface area (Å²) in [5.74, 6) is 0. The summed E-state index contributed by atoms with van der Waals surface area (Å²) in [7, 11) is 0. The van der Waals surface area contributed by atoms with Crippen molar-refractivity contribution in [1.82, 2.24) is 0 Å². The smallest absolute Gasteiger partial charge is 0.0754 e. The molecule has 0 N–H and O–H groups in total. The molecule has 4 aliphatic rings. The maximum Gasteiger partial charge on any atom is 0.0754 e. The summed E-state index contributed by atoms with van der Waals surface area (Å²) < 4.78 is 0. The van der Waals surface area contributed by atoms with Crippen molar-refractivity contribution in [3.8, 4) is 22.3 Å². The molecule has 9 aromatic carbocycles. The zero-order valence-electron chi connectivity index (χ0n) is 38.5. The van der Waals surface area contributed by atoms with E-state index < -0.39 is 10.8 Å². The normalized spacial score (nSPS) is 15.3. The summed E-state index contributed by atoms with van der Waals surface area (Å²) in [5, 5.41) is 0. The van der Waals surface area contributed by atoms with Gasteiger partial charge in [0, 0.05) is 11.4 Å². The van der Waals surface area contributed by atoms with Gasteiger partial charge in [-0.15, -0.1) is 0 Å². The molecule has 0 fully saturated rings. The predicted octanol–water partition coefficient (Wildman–Crippen LogP) is 16.6. The van der Waals surface area contributed by atoms with E-state index in [9.17, 15) is 0 Å². The van der Waals surface area contributed by atoms with Gasteiger partial charge >= 0.3 is 0 Å². The summed E-state index contributed by atoms with van der Waals surface area (Å²) in [4.78, 5) is 4.97. The summed E-state index contributed by atoms with van der Waals surface area (Å²) in [5.41, 5.74) is 24.5. The molecule has 2 heteroatoms. The molecule has 13 rings (SSSR count). The summed E-state index contributed by atoms with van der Waals surface area (Å²) in [6, 6.07) is 78.8. The maximum atomic E-state index is 2.65. The number of para-hydroxylation sites is 6. The summed E-state index contributed by atoms with van der Waals surface area (Å²) in [6.45, 7) is 14.1. The molecule has 66 heavy (non-hydrogen) atoms. The van der Waals surface area contributed by atoms with Gasteiger partial charge in [0.15, 0.2) is 0 Å². The highest BCUT2D eigenvalue weighted by Crippen LogP contribution is 2.69. The van der Waals surface area contributed by atoms with Crippen LogP contribution in [0.3, 0.4) is 0 Å². The zero-order chi connectivity index (χ0) is 44.7. The number of fused-ring (bicyclic) bond motifs is 18. The van der Waals surface area contributed by atoms with Crippen LogP contribution in [0.25, 0.3) is 22.3 Å². The molecule has 2 spiro atoms. The number of benzene rings is 9. The SMILES string of the molecule is CC(C)(C)c1ccc2c(c1)C1(c3cc4c(cc3-2)C2(c3cc(C(C)(C)C)ccc3-4)c3ccccc3N(c3ccccc3)c3ccccc32)c2ccccc2N(c2ccccc2)c2ccccc21. The van der Waals surface area contributed by atoms with Crippen molar-refractivity contribution >= 4 is 34.1 Å². The summed E-state index contributed by atoms with van der Waals surface area (Å²) in [6.07, 6.45) is 0. The van der Waals surface area contributed by atoms with Crippen LogP contribution < -0.4 is 9.80 Å². The van der Waals surface area contributed by atoms with Gasteiger partial charge in [-0.2, -0.15) is 0 Å². The summed E-state index contributed by atoms with van der Waals surface area (Å²) >= 11 is 0. The van der Waals surface area contributed by atoms with Crippen LogP contribution in [0.2, 0.25) is 0 Å². The number of anilines is 6. The van der Waals surface area contributed by atoms with Gasteiger partial charge in [-0.3, -0.25) is 0 Å². The molecule has 2 nitrogen and oxygen atoms in total. The van der Waals surface area contributed by atoms with E-state index >= 15 is 0 Å². The average molecular weight is 849 g/mol. The fourth-order valence-corrected chi connectivity index (χ4v) is 12.4. The van der Waals surface area contributed by atoms with Gasteiger partial charge in [0.25, 0.3) is 0 Å². The van der Waals surface area contributed by atoms with Crippen molar-refractivity contribution in [3.63, 3.8) is 0 Å². The molecule has 0 unspecified atom stereocenters. The lowest BCUT2D eigenvalue weighted by molar-refractivity contribution is 0.587. The monoisotopic (exact) mass is 848 g/mol. The molecule has 0 amide bonds. The molecule has 0 saturated heterocycles. The molecular weight excluding hydrogens is 797 g/mol. The molecule has 2 aliphatic carbocycles. The third kappa shape index (κ3) is 5.02. The van der Waals surface area contributed by atoms with E-state index in [1.54, 1.807) is 0 Å². The van der Waals surface area contributed by atoms with Gasteiger partial charge in [0.2, 0.25) is 0 Å². The van der Waals surface area contributed by atoms with Gasteiger partial charge in [-0.25, -0.2) is 0 Å². The fourth-order valence-electron chi connectivity index (χ4n) is 12.4. The largest absolute Gasteiger partial charge is 0.310 e. The van der Waals surface area contributed by atoms with Crippen LogP contribution in [0.15, 0.2) is 206 Å². The Hall–Kier alpha value is -7.42. The minimum atomic E-state index is -0.590. The van der Waals surface area contributed by atoms with Crippen LogP contribution in [0.1, 0.15) is 97.2 Å². The highest BCUT2D eigenvalue weighted by atomic mass is 15.2. The van der Waals surface area contributed by atoms with Gasteiger partial charge in [0.05, 0.1) is 33.6 Å². The Bertz CT molecular complexity index is 3130. The number of hydrogen-bond acceptors (Lipinski definition) is 2. The standard InChI is InChI=1S/C64H52N2/c1-61(2,3)41-33-35-45-47-39-56-48(40-55(47)63(53(45)37-41)49-25-13-17-29-57(49)65(43-21-9-7-10-22-43)58-30-18-14-26-50(58)63)46-36-34-42(62(4,5)6)38-54(46)64(56)51-27-15-19-31-59(51)66(44-23-11-8-12-24-44)60-32-20-16-28-52(60)64/h7-40H,1-6H3. The molecule has 9 aromatic rings. The minimum absolute atomic E-state index is 0.0512. The Balaban J connectivity index is 1.19. The van der Waals surface area contributed by atoms with E-state index in [-0.39, 0.29) is 10.8 Å². The van der Waals surface area contributed by atoms with Crippen molar-refractivity contribution in [2.75, 3.05) is 9.80 Å². The Morgan fingerprint density at radius 2 is 0.561 bits per heavy atom. The van der Waals surface area contributed by atoms with Crippen molar-refractivity contribution in [2.45, 2.75) is 63.2 Å². The van der Waals surface area contributed by atoms with Crippen LogP contribution in [0, 0.1) is 0 Å². The zero-order valence-corrected chi connectivity index (χ0v) is 38.5. The van der Waals surface area contributed by atoms with Gasteiger partial charge < -0.3 is 9.80 Å². The highest BCUT2D eigenvalue weighted by molar-refractivity contribution is 6.01. The first-order chi connectivity index (χ1) is 32.0. The predicted molar refractivity (Wildman–Crippen MR) is 275 cm³/mol. The third-order valence-corrected chi connectivity index (χ3v) is 15.3. The molecular formula is C64H52N2. The number of hydrogen-bond donors (Lipinski definition) is 0. The lowest BCUT2D eigenvalue weighted by Crippen LogP contribution is -2.37. The third-order valence-electron chi connectivity index (χ3n) is 15.3. The highest BCUT2D eigenvalue weighted by Gasteiger charge is 2.56. The number of nitrogens with zero attached hydrogens (tertiary/aromatic N) is 2. The number of rotatable bonds is 2. The second-order valence-electron chi connectivity index (χ2n) is 20.9. The van der Waals surface area contributed by atoms with E-state index in [1.165, 1.54) is 101 Å². The van der Waals surface area contributed by atoms with Gasteiger partial charge in [0.1, 0.15) is 0 Å². The molecule has 0 atom stereocenters. The maximum absolute atomic E-state index is 2.65. The first kappa shape index (κ1) is 39.0. The van der Waals surface area contributed by atoms with Crippen molar-refractivity contribution in [3.05, 3.63) is 262 Å². The lowest BCUT2D eigenvalue weighted by atomic mass is 9.62. The molecule has 2 heterocycles. The van der Waals surface area contributed by atoms with E-state index in [4.69, 9.17) is 0 Å². The second kappa shape index (κ2) is 13.6. The quantitative estimate of drug-likeness (QED) is 0.171. The second-order valence-corrected chi connectivity index (χ2v) is 20.9. The molecule has 318 valence electrons. The van der Waals surface area contributed by atoms with Gasteiger partial charge in [-0.05, 0) is 149 Å². The van der Waals surface area contributed by atoms with Crippen LogP contribution in [-0.4, -0.2) is 0 Å². The molecule has 0 radical (unpaired) electrons. The van der Waals surface area contributed by atoms with E-state index in [0.717, 1.165) is 11.4 Å². The van der Waals surface area contributed by atoms with Gasteiger partial charge in [-0.1, -0.05) is 187 Å². The first-order valence-electron chi connectivity index (χ1n) is 23.6. The van der Waals surface area contributed by atoms with E-state index in [0.29, 0.717) is 0 Å². The van der Waals surface area contributed by atoms with Crippen LogP contribution in [0.4, 0.5) is 34.1 Å². The Labute approximate surface area is 389 Å². The van der Waals surface area contributed by atoms with Crippen molar-refractivity contribution < 1.29 is 0 Å². The Kier molecular flexibility index (Phi) is 8.01. The fraction of sp³-hybridized carbons (Fsp3) is 0.156. The van der Waals surface area contributed by atoms with Crippen molar-refractivity contribution in [1.29, 1.82) is 0 Å². The van der Waals surface area contributed by atoms with Crippen LogP contribution in [-0.2, 0) is 21.7 Å². The molecule has 2 aliphatic heterocycles. The van der Waals surface area contributed by atoms with E-state index in [2.05, 4.69) is 258 Å². The van der Waals surface area contributed by atoms with Crippen LogP contribution >= 0.6 is 0 Å². The minimum Gasteiger partial charge on any atom is -0.310 e. The van der Waals surface area contributed by atoms with Crippen LogP contribution in [0.5, 0.6) is 0 Å². The molecule has 0 bridgehead atoms. The van der Waals surface area contributed by atoms with E-state index in [1.807, 2.05) is 0 Å². The first-order valence-corrected chi connectivity index (χ1v) is 23.6. The Morgan fingerprint density at radius 3 is 0.879 bits per heavy atom. The molecule has 0 saturated carbocycles. The average Bonchev–Trinajstić information content (AvgIpc) is 3.78. The topological polar surface area (TPSA) is 6.48 Å². The molecule has 0 aromatic heterocycles. The lowest BCUT2D eigenvalue weighted by Gasteiger charge is -2.46. The Morgan fingerprint density at radius 1 is 0.273 bits per heavy atom. The van der Waals surface area contributed by atoms with Crippen molar-refractivity contribution in [2.24, 2.45) is 0 Å².